The zero-order valence-electron chi connectivity index (χ0n) is 9.51. The van der Waals surface area contributed by atoms with Gasteiger partial charge in [-0.25, -0.2) is 4.98 Å². The maximum atomic E-state index is 11.1. The van der Waals surface area contributed by atoms with E-state index >= 15 is 0 Å². The number of nitrogens with one attached hydrogen (secondary N) is 1. The van der Waals surface area contributed by atoms with Crippen molar-refractivity contribution >= 4 is 27.5 Å². The molecule has 17 heavy (non-hydrogen) atoms. The molecule has 1 amide bonds. The average Bonchev–Trinajstić information content (AvgIpc) is 2.71. The maximum absolute atomic E-state index is 11.1. The standard InChI is InChI=1S/C12H14N2O2S/c1-8(16)13-10(6-7-15)12-14-9-4-2-3-5-11(9)17-12/h2-5,10,15H,6-7H2,1H3,(H,13,16). The molecule has 1 aromatic carbocycles. The first kappa shape index (κ1) is 12.0. The number of amides is 1. The molecule has 0 bridgehead atoms. The Bertz CT molecular complexity index is 491. The van der Waals surface area contributed by atoms with Gasteiger partial charge in [0.05, 0.1) is 16.3 Å². The van der Waals surface area contributed by atoms with Gasteiger partial charge in [0.2, 0.25) is 5.91 Å². The minimum Gasteiger partial charge on any atom is -0.396 e. The summed E-state index contributed by atoms with van der Waals surface area (Å²) < 4.78 is 1.09. The van der Waals surface area contributed by atoms with Crippen LogP contribution in [0.15, 0.2) is 24.3 Å². The fraction of sp³-hybridized carbons (Fsp3) is 0.333. The summed E-state index contributed by atoms with van der Waals surface area (Å²) in [5, 5.41) is 12.7. The lowest BCUT2D eigenvalue weighted by Crippen LogP contribution is -2.26. The number of fused-ring (bicyclic) bond motifs is 1. The van der Waals surface area contributed by atoms with Crippen LogP contribution in [0.3, 0.4) is 0 Å². The highest BCUT2D eigenvalue weighted by atomic mass is 32.1. The predicted octanol–water partition coefficient (Wildman–Crippen LogP) is 1.86. The largest absolute Gasteiger partial charge is 0.396 e. The summed E-state index contributed by atoms with van der Waals surface area (Å²) >= 11 is 1.55. The van der Waals surface area contributed by atoms with E-state index in [2.05, 4.69) is 10.3 Å². The minimum atomic E-state index is -0.199. The number of benzene rings is 1. The van der Waals surface area contributed by atoms with Crippen LogP contribution < -0.4 is 5.32 Å². The van der Waals surface area contributed by atoms with Crippen LogP contribution in [0.2, 0.25) is 0 Å². The molecule has 5 heteroatoms. The zero-order chi connectivity index (χ0) is 12.3. The highest BCUT2D eigenvalue weighted by Crippen LogP contribution is 2.27. The van der Waals surface area contributed by atoms with Crippen molar-refractivity contribution in [3.8, 4) is 0 Å². The molecule has 0 spiro atoms. The van der Waals surface area contributed by atoms with Crippen molar-refractivity contribution in [2.45, 2.75) is 19.4 Å². The molecule has 2 N–H and O–H groups in total. The van der Waals surface area contributed by atoms with Gasteiger partial charge in [-0.2, -0.15) is 0 Å². The van der Waals surface area contributed by atoms with Gasteiger partial charge in [-0.15, -0.1) is 11.3 Å². The number of aliphatic hydroxyl groups excluding tert-OH is 1. The zero-order valence-corrected chi connectivity index (χ0v) is 10.3. The molecular formula is C12H14N2O2S. The van der Waals surface area contributed by atoms with Crippen molar-refractivity contribution in [2.24, 2.45) is 0 Å². The summed E-state index contributed by atoms with van der Waals surface area (Å²) in [5.41, 5.74) is 0.931. The summed E-state index contributed by atoms with van der Waals surface area (Å²) in [6.45, 7) is 1.50. The van der Waals surface area contributed by atoms with Crippen LogP contribution in [-0.4, -0.2) is 22.6 Å². The van der Waals surface area contributed by atoms with E-state index in [1.54, 1.807) is 11.3 Å². The molecule has 0 radical (unpaired) electrons. The quantitative estimate of drug-likeness (QED) is 0.870. The highest BCUT2D eigenvalue weighted by Gasteiger charge is 2.16. The number of thiazole rings is 1. The van der Waals surface area contributed by atoms with Gasteiger partial charge in [0.25, 0.3) is 0 Å². The molecule has 90 valence electrons. The molecule has 0 saturated heterocycles. The lowest BCUT2D eigenvalue weighted by atomic mass is 10.2. The van der Waals surface area contributed by atoms with E-state index in [1.807, 2.05) is 24.3 Å². The lowest BCUT2D eigenvalue weighted by molar-refractivity contribution is -0.119. The van der Waals surface area contributed by atoms with Crippen molar-refractivity contribution in [3.05, 3.63) is 29.3 Å². The average molecular weight is 250 g/mol. The minimum absolute atomic E-state index is 0.0286. The Kier molecular flexibility index (Phi) is 3.71. The molecule has 0 aliphatic heterocycles. The third kappa shape index (κ3) is 2.81. The first-order valence-electron chi connectivity index (χ1n) is 5.44. The normalized spacial score (nSPS) is 12.6. The van der Waals surface area contributed by atoms with E-state index < -0.39 is 0 Å². The fourth-order valence-corrected chi connectivity index (χ4v) is 2.72. The van der Waals surface area contributed by atoms with Crippen molar-refractivity contribution in [1.29, 1.82) is 0 Å². The number of hydrogen-bond donors (Lipinski definition) is 2. The van der Waals surface area contributed by atoms with Crippen LogP contribution in [0.5, 0.6) is 0 Å². The van der Waals surface area contributed by atoms with Crippen LogP contribution in [0, 0.1) is 0 Å². The molecule has 2 aromatic rings. The Morgan fingerprint density at radius 2 is 2.29 bits per heavy atom. The summed E-state index contributed by atoms with van der Waals surface area (Å²) in [6, 6.07) is 7.64. The van der Waals surface area contributed by atoms with E-state index in [4.69, 9.17) is 5.11 Å². The lowest BCUT2D eigenvalue weighted by Gasteiger charge is -2.13. The van der Waals surface area contributed by atoms with Crippen LogP contribution in [0.25, 0.3) is 10.2 Å². The van der Waals surface area contributed by atoms with Gasteiger partial charge in [0.15, 0.2) is 0 Å². The fourth-order valence-electron chi connectivity index (χ4n) is 1.67. The highest BCUT2D eigenvalue weighted by molar-refractivity contribution is 7.18. The van der Waals surface area contributed by atoms with Crippen molar-refractivity contribution < 1.29 is 9.90 Å². The number of carbonyl (C=O) groups is 1. The molecule has 0 saturated carbocycles. The number of para-hydroxylation sites is 1. The van der Waals surface area contributed by atoms with E-state index in [0.29, 0.717) is 6.42 Å². The van der Waals surface area contributed by atoms with E-state index in [1.165, 1.54) is 6.92 Å². The Balaban J connectivity index is 2.31. The Morgan fingerprint density at radius 3 is 2.94 bits per heavy atom. The summed E-state index contributed by atoms with van der Waals surface area (Å²) in [6.07, 6.45) is 0.486. The van der Waals surface area contributed by atoms with Gasteiger partial charge in [-0.3, -0.25) is 4.79 Å². The molecule has 2 rings (SSSR count). The van der Waals surface area contributed by atoms with Crippen LogP contribution in [0.4, 0.5) is 0 Å². The Labute approximate surface area is 103 Å². The van der Waals surface area contributed by atoms with Crippen LogP contribution in [0.1, 0.15) is 24.4 Å². The smallest absolute Gasteiger partial charge is 0.217 e. The van der Waals surface area contributed by atoms with Gasteiger partial charge in [-0.1, -0.05) is 12.1 Å². The Hall–Kier alpha value is -1.46. The molecule has 0 aliphatic rings. The first-order chi connectivity index (χ1) is 8.20. The SMILES string of the molecule is CC(=O)NC(CCO)c1nc2ccccc2s1. The molecule has 0 aliphatic carbocycles. The Morgan fingerprint density at radius 1 is 1.53 bits per heavy atom. The topological polar surface area (TPSA) is 62.2 Å². The van der Waals surface area contributed by atoms with E-state index in [-0.39, 0.29) is 18.6 Å². The first-order valence-corrected chi connectivity index (χ1v) is 6.26. The number of aliphatic hydroxyl groups is 1. The van der Waals surface area contributed by atoms with Crippen molar-refractivity contribution in [1.82, 2.24) is 10.3 Å². The molecule has 1 heterocycles. The monoisotopic (exact) mass is 250 g/mol. The molecule has 1 atom stereocenters. The van der Waals surface area contributed by atoms with Gasteiger partial charge < -0.3 is 10.4 Å². The second-order valence-corrected chi connectivity index (χ2v) is 4.85. The number of nitrogens with zero attached hydrogens (tertiary/aromatic N) is 1. The number of rotatable bonds is 4. The van der Waals surface area contributed by atoms with Gasteiger partial charge in [0.1, 0.15) is 5.01 Å². The third-order valence-electron chi connectivity index (χ3n) is 2.40. The number of aromatic nitrogens is 1. The maximum Gasteiger partial charge on any atom is 0.217 e. The molecule has 4 nitrogen and oxygen atoms in total. The molecular weight excluding hydrogens is 236 g/mol. The van der Waals surface area contributed by atoms with Crippen molar-refractivity contribution in [2.75, 3.05) is 6.61 Å². The summed E-state index contributed by atoms with van der Waals surface area (Å²) in [4.78, 5) is 15.6. The molecule has 0 fully saturated rings. The third-order valence-corrected chi connectivity index (χ3v) is 3.55. The predicted molar refractivity (Wildman–Crippen MR) is 67.9 cm³/mol. The molecule has 1 unspecified atom stereocenters. The van der Waals surface area contributed by atoms with E-state index in [0.717, 1.165) is 15.2 Å². The van der Waals surface area contributed by atoms with E-state index in [9.17, 15) is 4.79 Å². The van der Waals surface area contributed by atoms with Gasteiger partial charge >= 0.3 is 0 Å². The van der Waals surface area contributed by atoms with Gasteiger partial charge in [0, 0.05) is 13.5 Å². The second kappa shape index (κ2) is 5.25. The number of carbonyl (C=O) groups excluding carboxylic acids is 1. The molecule has 1 aromatic heterocycles. The second-order valence-electron chi connectivity index (χ2n) is 3.79. The van der Waals surface area contributed by atoms with Gasteiger partial charge in [-0.05, 0) is 18.6 Å². The summed E-state index contributed by atoms with van der Waals surface area (Å²) in [7, 11) is 0. The van der Waals surface area contributed by atoms with Crippen molar-refractivity contribution in [3.63, 3.8) is 0 Å². The summed E-state index contributed by atoms with van der Waals surface area (Å²) in [5.74, 6) is -0.109. The van der Waals surface area contributed by atoms with Crippen LogP contribution in [-0.2, 0) is 4.79 Å². The number of hydrogen-bond acceptors (Lipinski definition) is 4. The van der Waals surface area contributed by atoms with Crippen LogP contribution >= 0.6 is 11.3 Å².